The molecular weight excluding hydrogens is 489 g/mol. The van der Waals surface area contributed by atoms with Gasteiger partial charge in [-0.1, -0.05) is 0 Å². The maximum Gasteiger partial charge on any atom is 0.510 e. The largest absolute Gasteiger partial charge is 0.510 e. The Balaban J connectivity index is 1.95. The number of nitrogens with zero attached hydrogens (tertiary/aromatic N) is 4. The molecule has 0 radical (unpaired) electrons. The highest BCUT2D eigenvalue weighted by Gasteiger charge is 2.29. The summed E-state index contributed by atoms with van der Waals surface area (Å²) in [6.07, 6.45) is -0.896. The van der Waals surface area contributed by atoms with E-state index in [4.69, 9.17) is 38.5 Å². The summed E-state index contributed by atoms with van der Waals surface area (Å²) in [7, 11) is -4.06. The number of imidazole rings is 1. The molecule has 0 amide bonds. The number of nitrogen functional groups attached to an aromatic ring is 1. The van der Waals surface area contributed by atoms with E-state index in [0.29, 0.717) is 11.3 Å². The van der Waals surface area contributed by atoms with Gasteiger partial charge in [-0.05, 0) is 34.6 Å². The molecule has 1 unspecified atom stereocenters. The number of rotatable bonds is 13. The second-order valence-electron chi connectivity index (χ2n) is 7.65. The lowest BCUT2D eigenvalue weighted by molar-refractivity contribution is -0.0365. The molecule has 0 bridgehead atoms. The van der Waals surface area contributed by atoms with Crippen LogP contribution >= 0.6 is 7.60 Å². The van der Waals surface area contributed by atoms with Crippen LogP contribution in [0.2, 0.25) is 0 Å². The highest BCUT2D eigenvalue weighted by molar-refractivity contribution is 7.53. The summed E-state index contributed by atoms with van der Waals surface area (Å²) >= 11 is 0. The lowest BCUT2D eigenvalue weighted by Gasteiger charge is -2.20. The first-order valence-corrected chi connectivity index (χ1v) is 12.3. The summed E-state index contributed by atoms with van der Waals surface area (Å²) in [5.41, 5.74) is 6.33. The molecule has 2 N–H and O–H groups in total. The summed E-state index contributed by atoms with van der Waals surface area (Å²) in [5, 5.41) is 4.10. The fourth-order valence-corrected chi connectivity index (χ4v) is 3.53. The first kappa shape index (κ1) is 28.2. The fourth-order valence-electron chi connectivity index (χ4n) is 2.44. The van der Waals surface area contributed by atoms with Crippen molar-refractivity contribution in [3.63, 3.8) is 0 Å². The van der Waals surface area contributed by atoms with Crippen molar-refractivity contribution in [1.29, 1.82) is 0 Å². The molecule has 0 aromatic carbocycles. The van der Waals surface area contributed by atoms with Crippen molar-refractivity contribution in [3.8, 4) is 0 Å². The smallest absolute Gasteiger partial charge is 0.432 e. The molecule has 0 aliphatic heterocycles. The van der Waals surface area contributed by atoms with Crippen LogP contribution < -0.4 is 5.73 Å². The molecule has 196 valence electrons. The van der Waals surface area contributed by atoms with Crippen LogP contribution in [0.4, 0.5) is 15.4 Å². The second-order valence-corrected chi connectivity index (χ2v) is 9.65. The van der Waals surface area contributed by atoms with Gasteiger partial charge in [-0.2, -0.15) is 5.10 Å². The van der Waals surface area contributed by atoms with Gasteiger partial charge >= 0.3 is 19.9 Å². The van der Waals surface area contributed by atoms with Crippen LogP contribution in [0.15, 0.2) is 12.5 Å². The van der Waals surface area contributed by atoms with Crippen LogP contribution in [0.1, 0.15) is 40.4 Å². The normalized spacial score (nSPS) is 12.7. The van der Waals surface area contributed by atoms with Gasteiger partial charge < -0.3 is 29.4 Å². The molecule has 0 fully saturated rings. The molecule has 15 nitrogen and oxygen atoms in total. The zero-order valence-corrected chi connectivity index (χ0v) is 21.0. The Hall–Kier alpha value is -3.00. The van der Waals surface area contributed by atoms with Crippen molar-refractivity contribution in [2.45, 2.75) is 59.4 Å². The number of anilines is 1. The predicted molar refractivity (Wildman–Crippen MR) is 119 cm³/mol. The van der Waals surface area contributed by atoms with Crippen LogP contribution in [0, 0.1) is 0 Å². The maximum atomic E-state index is 13.1. The molecule has 2 aromatic rings. The van der Waals surface area contributed by atoms with E-state index in [1.54, 1.807) is 34.6 Å². The van der Waals surface area contributed by atoms with E-state index >= 15 is 0 Å². The fraction of sp³-hybridized carbons (Fsp3) is 0.632. The van der Waals surface area contributed by atoms with E-state index in [-0.39, 0.29) is 12.2 Å². The van der Waals surface area contributed by atoms with Gasteiger partial charge in [0.25, 0.3) is 0 Å². The van der Waals surface area contributed by atoms with Crippen LogP contribution in [0.25, 0.3) is 5.52 Å². The predicted octanol–water partition coefficient (Wildman–Crippen LogP) is 2.88. The Kier molecular flexibility index (Phi) is 10.6. The molecule has 2 rings (SSSR count). The van der Waals surface area contributed by atoms with Gasteiger partial charge in [0.1, 0.15) is 24.0 Å². The van der Waals surface area contributed by atoms with Gasteiger partial charge in [0.05, 0.1) is 24.5 Å². The zero-order chi connectivity index (χ0) is 26.0. The number of carbonyl (C=O) groups excluding carboxylic acids is 2. The monoisotopic (exact) mass is 519 g/mol. The number of hydrogen-bond donors (Lipinski definition) is 1. The van der Waals surface area contributed by atoms with Crippen LogP contribution in [-0.4, -0.2) is 70.1 Å². The molecule has 2 aromatic heterocycles. The van der Waals surface area contributed by atoms with Crippen molar-refractivity contribution in [2.75, 3.05) is 25.7 Å². The van der Waals surface area contributed by atoms with E-state index in [9.17, 15) is 14.2 Å². The number of ether oxygens (including phenoxy) is 5. The number of nitrogens with two attached hydrogens (primary N) is 1. The summed E-state index contributed by atoms with van der Waals surface area (Å²) in [4.78, 5) is 31.2. The molecule has 0 aliphatic carbocycles. The van der Waals surface area contributed by atoms with E-state index in [1.807, 2.05) is 0 Å². The zero-order valence-electron chi connectivity index (χ0n) is 20.1. The average molecular weight is 519 g/mol. The van der Waals surface area contributed by atoms with Crippen LogP contribution in [-0.2, 0) is 43.7 Å². The second kappa shape index (κ2) is 13.2. The van der Waals surface area contributed by atoms with Crippen molar-refractivity contribution < 1.29 is 46.9 Å². The van der Waals surface area contributed by atoms with Gasteiger partial charge in [-0.25, -0.2) is 24.1 Å². The first-order valence-electron chi connectivity index (χ1n) is 10.6. The number of aromatic nitrogens is 4. The summed E-state index contributed by atoms with van der Waals surface area (Å²) < 4.78 is 49.5. The van der Waals surface area contributed by atoms with Crippen LogP contribution in [0.5, 0.6) is 0 Å². The third-order valence-electron chi connectivity index (χ3n) is 3.94. The Labute approximate surface area is 201 Å². The average Bonchev–Trinajstić information content (AvgIpc) is 3.15. The van der Waals surface area contributed by atoms with Crippen molar-refractivity contribution in [1.82, 2.24) is 19.6 Å². The molecule has 2 heterocycles. The van der Waals surface area contributed by atoms with Crippen LogP contribution in [0.3, 0.4) is 0 Å². The lowest BCUT2D eigenvalue weighted by atomic mass is 10.3. The minimum Gasteiger partial charge on any atom is -0.432 e. The molecular formula is C19H30N5O10P. The minimum absolute atomic E-state index is 0.263. The number of fused-ring (bicyclic) bond motifs is 1. The Morgan fingerprint density at radius 1 is 1.00 bits per heavy atom. The standard InChI is InChI=1S/C19H30N5O10P/c1-12(2)33-18(25)28-9-31-35(27,32-10-29-19(26)34-13(3)4)11-30-14(5)6-16-21-7-15-17(20)22-8-23-24(15)16/h7-8,12-14H,6,9-11H2,1-5H3,(H2,20,22,23). The SMILES string of the molecule is CC(C)OC(=O)OCOP(=O)(COC(C)Cc1ncc2c(N)ncnn12)OCOC(=O)OC(C)C. The van der Waals surface area contributed by atoms with Crippen molar-refractivity contribution >= 4 is 31.2 Å². The third kappa shape index (κ3) is 9.64. The van der Waals surface area contributed by atoms with E-state index in [0.717, 1.165) is 0 Å². The lowest BCUT2D eigenvalue weighted by Crippen LogP contribution is -2.19. The van der Waals surface area contributed by atoms with Crippen molar-refractivity contribution in [3.05, 3.63) is 18.3 Å². The third-order valence-corrected chi connectivity index (χ3v) is 5.40. The highest BCUT2D eigenvalue weighted by Crippen LogP contribution is 2.48. The number of hydrogen-bond acceptors (Lipinski definition) is 14. The van der Waals surface area contributed by atoms with E-state index in [2.05, 4.69) is 15.1 Å². The van der Waals surface area contributed by atoms with Crippen molar-refractivity contribution in [2.24, 2.45) is 0 Å². The van der Waals surface area contributed by atoms with E-state index in [1.165, 1.54) is 17.0 Å². The molecule has 35 heavy (non-hydrogen) atoms. The topological polar surface area (TPSA) is 185 Å². The number of carbonyl (C=O) groups is 2. The highest BCUT2D eigenvalue weighted by atomic mass is 31.2. The molecule has 0 spiro atoms. The quantitative estimate of drug-likeness (QED) is 0.231. The molecule has 0 saturated heterocycles. The molecule has 16 heteroatoms. The minimum atomic E-state index is -4.06. The van der Waals surface area contributed by atoms with Gasteiger partial charge in [0.15, 0.2) is 5.82 Å². The van der Waals surface area contributed by atoms with E-state index < -0.39 is 58.2 Å². The van der Waals surface area contributed by atoms with Gasteiger partial charge in [-0.15, -0.1) is 0 Å². The molecule has 1 atom stereocenters. The Morgan fingerprint density at radius 2 is 1.57 bits per heavy atom. The maximum absolute atomic E-state index is 13.1. The summed E-state index contributed by atoms with van der Waals surface area (Å²) in [6.45, 7) is 6.70. The molecule has 0 saturated carbocycles. The van der Waals surface area contributed by atoms with Gasteiger partial charge in [-0.3, -0.25) is 13.6 Å². The Morgan fingerprint density at radius 3 is 2.11 bits per heavy atom. The Bertz CT molecular complexity index is 999. The van der Waals surface area contributed by atoms with Gasteiger partial charge in [0, 0.05) is 6.42 Å². The van der Waals surface area contributed by atoms with Gasteiger partial charge in [0.2, 0.25) is 13.6 Å². The summed E-state index contributed by atoms with van der Waals surface area (Å²) in [6, 6.07) is 0. The summed E-state index contributed by atoms with van der Waals surface area (Å²) in [5.74, 6) is 0.795. The first-order chi connectivity index (χ1) is 16.5. The molecule has 0 aliphatic rings.